The molecule has 0 bridgehead atoms. The highest BCUT2D eigenvalue weighted by Gasteiger charge is 1.99. The molecule has 0 aliphatic rings. The lowest BCUT2D eigenvalue weighted by Crippen LogP contribution is -2.03. The molecule has 0 aliphatic carbocycles. The average molecular weight is 306 g/mol. The first-order chi connectivity index (χ1) is 8.79. The Labute approximate surface area is 116 Å². The van der Waals surface area contributed by atoms with Crippen LogP contribution < -0.4 is 11.1 Å². The molecule has 0 amide bonds. The Bertz CT molecular complexity index is 497. The molecule has 0 saturated carbocycles. The van der Waals surface area contributed by atoms with Gasteiger partial charge in [0.2, 0.25) is 0 Å². The quantitative estimate of drug-likeness (QED) is 0.893. The Hall–Kier alpha value is -1.39. The SMILES string of the molecule is NCCc1ccc(CNc2ccncc2Br)cc1. The zero-order valence-corrected chi connectivity index (χ0v) is 11.7. The molecule has 0 atom stereocenters. The Balaban J connectivity index is 1.96. The third-order valence-electron chi connectivity index (χ3n) is 2.71. The van der Waals surface area contributed by atoms with Gasteiger partial charge >= 0.3 is 0 Å². The van der Waals surface area contributed by atoms with E-state index < -0.39 is 0 Å². The first-order valence-corrected chi connectivity index (χ1v) is 6.70. The molecular weight excluding hydrogens is 290 g/mol. The molecule has 1 aromatic heterocycles. The second kappa shape index (κ2) is 6.52. The summed E-state index contributed by atoms with van der Waals surface area (Å²) in [6.45, 7) is 1.49. The zero-order chi connectivity index (χ0) is 12.8. The third kappa shape index (κ3) is 3.55. The lowest BCUT2D eigenvalue weighted by Gasteiger charge is -2.08. The molecule has 3 N–H and O–H groups in total. The van der Waals surface area contributed by atoms with Gasteiger partial charge in [0.05, 0.1) is 10.2 Å². The van der Waals surface area contributed by atoms with Crippen LogP contribution in [0, 0.1) is 0 Å². The number of hydrogen-bond acceptors (Lipinski definition) is 3. The van der Waals surface area contributed by atoms with Gasteiger partial charge in [0.1, 0.15) is 0 Å². The molecular formula is C14H16BrN3. The number of nitrogens with one attached hydrogen (secondary N) is 1. The molecule has 0 radical (unpaired) electrons. The monoisotopic (exact) mass is 305 g/mol. The van der Waals surface area contributed by atoms with Gasteiger partial charge in [-0.2, -0.15) is 0 Å². The zero-order valence-electron chi connectivity index (χ0n) is 10.1. The predicted molar refractivity (Wildman–Crippen MR) is 78.5 cm³/mol. The van der Waals surface area contributed by atoms with Crippen molar-refractivity contribution in [2.75, 3.05) is 11.9 Å². The summed E-state index contributed by atoms with van der Waals surface area (Å²) < 4.78 is 0.977. The topological polar surface area (TPSA) is 50.9 Å². The normalized spacial score (nSPS) is 10.3. The summed E-state index contributed by atoms with van der Waals surface area (Å²) >= 11 is 3.46. The minimum Gasteiger partial charge on any atom is -0.380 e. The number of hydrogen-bond donors (Lipinski definition) is 2. The summed E-state index contributed by atoms with van der Waals surface area (Å²) in [5, 5.41) is 3.37. The van der Waals surface area contributed by atoms with Crippen molar-refractivity contribution >= 4 is 21.6 Å². The molecule has 0 aliphatic heterocycles. The first kappa shape index (κ1) is 13.1. The van der Waals surface area contributed by atoms with Crippen molar-refractivity contribution in [1.82, 2.24) is 4.98 Å². The number of pyridine rings is 1. The van der Waals surface area contributed by atoms with Gasteiger partial charge in [-0.3, -0.25) is 4.98 Å². The summed E-state index contributed by atoms with van der Waals surface area (Å²) in [6, 6.07) is 10.5. The number of nitrogens with two attached hydrogens (primary N) is 1. The summed E-state index contributed by atoms with van der Waals surface area (Å²) in [5.41, 5.74) is 9.11. The van der Waals surface area contributed by atoms with E-state index in [0.717, 1.165) is 23.1 Å². The van der Waals surface area contributed by atoms with Crippen molar-refractivity contribution in [3.63, 3.8) is 0 Å². The van der Waals surface area contributed by atoms with Crippen LogP contribution in [0.25, 0.3) is 0 Å². The molecule has 0 unspecified atom stereocenters. The number of aromatic nitrogens is 1. The average Bonchev–Trinajstić information content (AvgIpc) is 2.40. The minimum atomic E-state index is 0.696. The molecule has 94 valence electrons. The van der Waals surface area contributed by atoms with E-state index in [-0.39, 0.29) is 0 Å². The molecule has 18 heavy (non-hydrogen) atoms. The maximum atomic E-state index is 5.53. The van der Waals surface area contributed by atoms with Crippen LogP contribution in [0.2, 0.25) is 0 Å². The van der Waals surface area contributed by atoms with Gasteiger partial charge in [-0.1, -0.05) is 24.3 Å². The number of halogens is 1. The maximum Gasteiger partial charge on any atom is 0.0590 e. The number of rotatable bonds is 5. The number of nitrogens with zero attached hydrogens (tertiary/aromatic N) is 1. The molecule has 2 aromatic rings. The smallest absolute Gasteiger partial charge is 0.0590 e. The van der Waals surface area contributed by atoms with Crippen molar-refractivity contribution in [1.29, 1.82) is 0 Å². The fraction of sp³-hybridized carbons (Fsp3) is 0.214. The lowest BCUT2D eigenvalue weighted by molar-refractivity contribution is 0.966. The lowest BCUT2D eigenvalue weighted by atomic mass is 10.1. The minimum absolute atomic E-state index is 0.696. The Morgan fingerprint density at radius 2 is 1.83 bits per heavy atom. The van der Waals surface area contributed by atoms with E-state index in [1.54, 1.807) is 12.4 Å². The highest BCUT2D eigenvalue weighted by atomic mass is 79.9. The van der Waals surface area contributed by atoms with E-state index in [2.05, 4.69) is 50.5 Å². The maximum absolute atomic E-state index is 5.53. The van der Waals surface area contributed by atoms with Crippen molar-refractivity contribution in [2.45, 2.75) is 13.0 Å². The second-order valence-electron chi connectivity index (χ2n) is 4.06. The molecule has 0 spiro atoms. The predicted octanol–water partition coefficient (Wildman–Crippen LogP) is 2.96. The van der Waals surface area contributed by atoms with Crippen LogP contribution in [-0.2, 0) is 13.0 Å². The molecule has 1 aromatic carbocycles. The van der Waals surface area contributed by atoms with Gasteiger partial charge in [0, 0.05) is 18.9 Å². The van der Waals surface area contributed by atoms with E-state index in [0.29, 0.717) is 6.54 Å². The van der Waals surface area contributed by atoms with E-state index in [1.165, 1.54) is 11.1 Å². The second-order valence-corrected chi connectivity index (χ2v) is 4.92. The summed E-state index contributed by atoms with van der Waals surface area (Å²) in [7, 11) is 0. The van der Waals surface area contributed by atoms with Gasteiger partial charge in [-0.25, -0.2) is 0 Å². The molecule has 2 rings (SSSR count). The summed E-state index contributed by atoms with van der Waals surface area (Å²) in [5.74, 6) is 0. The fourth-order valence-electron chi connectivity index (χ4n) is 1.71. The number of benzene rings is 1. The molecule has 0 saturated heterocycles. The van der Waals surface area contributed by atoms with Crippen molar-refractivity contribution in [3.05, 3.63) is 58.3 Å². The molecule has 4 heteroatoms. The van der Waals surface area contributed by atoms with Crippen molar-refractivity contribution < 1.29 is 0 Å². The fourth-order valence-corrected chi connectivity index (χ4v) is 2.10. The van der Waals surface area contributed by atoms with Crippen LogP contribution in [0.3, 0.4) is 0 Å². The van der Waals surface area contributed by atoms with Gasteiger partial charge in [-0.15, -0.1) is 0 Å². The number of anilines is 1. The van der Waals surface area contributed by atoms with Crippen LogP contribution in [0.1, 0.15) is 11.1 Å². The highest BCUT2D eigenvalue weighted by Crippen LogP contribution is 2.20. The van der Waals surface area contributed by atoms with Gasteiger partial charge < -0.3 is 11.1 Å². The molecule has 1 heterocycles. The first-order valence-electron chi connectivity index (χ1n) is 5.91. The van der Waals surface area contributed by atoms with E-state index in [1.807, 2.05) is 6.07 Å². The van der Waals surface area contributed by atoms with Gasteiger partial charge in [0.15, 0.2) is 0 Å². The summed E-state index contributed by atoms with van der Waals surface area (Å²) in [6.07, 6.45) is 4.49. The molecule has 0 fully saturated rings. The van der Waals surface area contributed by atoms with Gasteiger partial charge in [0.25, 0.3) is 0 Å². The third-order valence-corrected chi connectivity index (χ3v) is 3.34. The molecule has 3 nitrogen and oxygen atoms in total. The largest absolute Gasteiger partial charge is 0.380 e. The van der Waals surface area contributed by atoms with E-state index >= 15 is 0 Å². The van der Waals surface area contributed by atoms with Crippen molar-refractivity contribution in [3.8, 4) is 0 Å². The Morgan fingerprint density at radius 3 is 2.50 bits per heavy atom. The Kier molecular flexibility index (Phi) is 4.73. The Morgan fingerprint density at radius 1 is 1.11 bits per heavy atom. The van der Waals surface area contributed by atoms with Gasteiger partial charge in [-0.05, 0) is 46.1 Å². The van der Waals surface area contributed by atoms with E-state index in [4.69, 9.17) is 5.73 Å². The van der Waals surface area contributed by atoms with Crippen LogP contribution >= 0.6 is 15.9 Å². The van der Waals surface area contributed by atoms with Crippen LogP contribution in [0.4, 0.5) is 5.69 Å². The van der Waals surface area contributed by atoms with Crippen LogP contribution in [0.5, 0.6) is 0 Å². The van der Waals surface area contributed by atoms with Crippen molar-refractivity contribution in [2.24, 2.45) is 5.73 Å². The standard InChI is InChI=1S/C14H16BrN3/c15-13-10-17-8-6-14(13)18-9-12-3-1-11(2-4-12)5-7-16/h1-4,6,8,10H,5,7,9,16H2,(H,17,18). The summed E-state index contributed by atoms with van der Waals surface area (Å²) in [4.78, 5) is 4.03. The van der Waals surface area contributed by atoms with E-state index in [9.17, 15) is 0 Å². The van der Waals surface area contributed by atoms with Crippen LogP contribution in [0.15, 0.2) is 47.2 Å². The highest BCUT2D eigenvalue weighted by molar-refractivity contribution is 9.10. The van der Waals surface area contributed by atoms with Crippen LogP contribution in [-0.4, -0.2) is 11.5 Å².